The number of guanidine groups is 1. The van der Waals surface area contributed by atoms with Crippen LogP contribution in [0.4, 0.5) is 0 Å². The minimum absolute atomic E-state index is 0. The molecule has 0 aliphatic heterocycles. The van der Waals surface area contributed by atoms with Gasteiger partial charge in [0.15, 0.2) is 23.2 Å². The molecule has 2 rings (SSSR count). The number of likely N-dealkylation sites (N-methyl/N-ethyl adjacent to an activating group) is 1. The van der Waals surface area contributed by atoms with Crippen LogP contribution in [0.5, 0.6) is 11.5 Å². The van der Waals surface area contributed by atoms with Crippen molar-refractivity contribution < 1.29 is 14.0 Å². The van der Waals surface area contributed by atoms with Gasteiger partial charge in [0, 0.05) is 19.2 Å². The lowest BCUT2D eigenvalue weighted by Crippen LogP contribution is -2.41. The van der Waals surface area contributed by atoms with E-state index < -0.39 is 0 Å². The highest BCUT2D eigenvalue weighted by atomic mass is 127. The van der Waals surface area contributed by atoms with E-state index in [2.05, 4.69) is 59.7 Å². The lowest BCUT2D eigenvalue weighted by molar-refractivity contribution is 0.295. The van der Waals surface area contributed by atoms with Crippen LogP contribution in [0.25, 0.3) is 0 Å². The van der Waals surface area contributed by atoms with E-state index in [0.29, 0.717) is 24.8 Å². The molecule has 0 amide bonds. The monoisotopic (exact) mass is 545 g/mol. The molecule has 0 saturated heterocycles. The molecule has 0 aliphatic carbocycles. The first kappa shape index (κ1) is 27.0. The van der Waals surface area contributed by atoms with Gasteiger partial charge in [-0.3, -0.25) is 0 Å². The predicted molar refractivity (Wildman–Crippen MR) is 135 cm³/mol. The summed E-state index contributed by atoms with van der Waals surface area (Å²) < 4.78 is 16.2. The van der Waals surface area contributed by atoms with Gasteiger partial charge in [0.25, 0.3) is 0 Å². The molecule has 0 fully saturated rings. The molecular weight excluding hydrogens is 509 g/mol. The predicted octanol–water partition coefficient (Wildman–Crippen LogP) is 3.79. The van der Waals surface area contributed by atoms with E-state index in [9.17, 15) is 0 Å². The Morgan fingerprint density at radius 2 is 1.84 bits per heavy atom. The van der Waals surface area contributed by atoms with Crippen molar-refractivity contribution in [3.63, 3.8) is 0 Å². The van der Waals surface area contributed by atoms with Crippen LogP contribution < -0.4 is 20.1 Å². The lowest BCUT2D eigenvalue weighted by atomic mass is 10.1. The first-order chi connectivity index (χ1) is 14.4. The van der Waals surface area contributed by atoms with Crippen molar-refractivity contribution in [3.05, 3.63) is 41.3 Å². The summed E-state index contributed by atoms with van der Waals surface area (Å²) in [5.41, 5.74) is 2.07. The van der Waals surface area contributed by atoms with E-state index in [1.165, 1.54) is 0 Å². The molecule has 0 radical (unpaired) electrons. The van der Waals surface area contributed by atoms with Gasteiger partial charge in [-0.25, -0.2) is 4.99 Å². The second-order valence-corrected chi connectivity index (χ2v) is 7.54. The van der Waals surface area contributed by atoms with Crippen molar-refractivity contribution in [2.45, 2.75) is 39.3 Å². The van der Waals surface area contributed by atoms with Crippen molar-refractivity contribution in [1.29, 1.82) is 0 Å². The number of hydrogen-bond acceptors (Lipinski definition) is 6. The molecule has 0 saturated carbocycles. The third-order valence-electron chi connectivity index (χ3n) is 4.78. The standard InChI is InChI=1S/C22H35N5O3.HI/c1-8-23-22(24-13-17-12-18(15(2)3)26-30-17)25-14-19(27(4)5)16-9-10-20(28-6)21(11-16)29-7;/h9-12,15,19H,8,13-14H2,1-7H3,(H2,23,24,25);1H. The minimum atomic E-state index is 0. The van der Waals surface area contributed by atoms with E-state index >= 15 is 0 Å². The number of aromatic nitrogens is 1. The third-order valence-corrected chi connectivity index (χ3v) is 4.78. The molecule has 8 nitrogen and oxygen atoms in total. The highest BCUT2D eigenvalue weighted by Crippen LogP contribution is 2.31. The fourth-order valence-electron chi connectivity index (χ4n) is 3.03. The summed E-state index contributed by atoms with van der Waals surface area (Å²) in [6.45, 7) is 8.08. The Morgan fingerprint density at radius 3 is 2.39 bits per heavy atom. The molecule has 1 aromatic carbocycles. The van der Waals surface area contributed by atoms with Crippen LogP contribution in [0.3, 0.4) is 0 Å². The molecule has 0 bridgehead atoms. The molecule has 0 spiro atoms. The highest BCUT2D eigenvalue weighted by molar-refractivity contribution is 14.0. The number of rotatable bonds is 10. The summed E-state index contributed by atoms with van der Waals surface area (Å²) in [5, 5.41) is 10.8. The summed E-state index contributed by atoms with van der Waals surface area (Å²) in [6, 6.07) is 8.08. The zero-order valence-electron chi connectivity index (χ0n) is 19.6. The number of nitrogens with one attached hydrogen (secondary N) is 2. The highest BCUT2D eigenvalue weighted by Gasteiger charge is 2.17. The number of methoxy groups -OCH3 is 2. The van der Waals surface area contributed by atoms with Crippen molar-refractivity contribution in [2.24, 2.45) is 4.99 Å². The largest absolute Gasteiger partial charge is 0.493 e. The van der Waals surface area contributed by atoms with Gasteiger partial charge < -0.3 is 29.5 Å². The van der Waals surface area contributed by atoms with Crippen LogP contribution in [-0.4, -0.2) is 57.4 Å². The average Bonchev–Trinajstić information content (AvgIpc) is 3.21. The number of aliphatic imine (C=N–C) groups is 1. The summed E-state index contributed by atoms with van der Waals surface area (Å²) in [5.74, 6) is 3.25. The van der Waals surface area contributed by atoms with Crippen molar-refractivity contribution in [3.8, 4) is 11.5 Å². The van der Waals surface area contributed by atoms with E-state index in [1.807, 2.05) is 25.1 Å². The fraction of sp³-hybridized carbons (Fsp3) is 0.545. The second-order valence-electron chi connectivity index (χ2n) is 7.54. The van der Waals surface area contributed by atoms with Gasteiger partial charge >= 0.3 is 0 Å². The van der Waals surface area contributed by atoms with E-state index in [-0.39, 0.29) is 30.0 Å². The SMILES string of the molecule is CCNC(=NCc1cc(C(C)C)no1)NCC(c1ccc(OC)c(OC)c1)N(C)C.I. The number of nitrogens with zero attached hydrogens (tertiary/aromatic N) is 3. The quantitative estimate of drug-likeness (QED) is 0.267. The molecule has 2 N–H and O–H groups in total. The number of benzene rings is 1. The molecule has 0 aliphatic rings. The molecule has 9 heteroatoms. The van der Waals surface area contributed by atoms with E-state index in [0.717, 1.165) is 35.3 Å². The Hall–Kier alpha value is -2.01. The number of ether oxygens (including phenoxy) is 2. The molecule has 174 valence electrons. The van der Waals surface area contributed by atoms with E-state index in [1.54, 1.807) is 14.2 Å². The fourth-order valence-corrected chi connectivity index (χ4v) is 3.03. The van der Waals surface area contributed by atoms with Gasteiger partial charge in [-0.15, -0.1) is 24.0 Å². The molecular formula is C22H36IN5O3. The first-order valence-electron chi connectivity index (χ1n) is 10.3. The molecule has 1 heterocycles. The van der Waals surface area contributed by atoms with Gasteiger partial charge in [-0.1, -0.05) is 25.1 Å². The van der Waals surface area contributed by atoms with Crippen LogP contribution in [0.1, 0.15) is 49.7 Å². The van der Waals surface area contributed by atoms with Crippen LogP contribution in [-0.2, 0) is 6.54 Å². The van der Waals surface area contributed by atoms with Crippen molar-refractivity contribution in [2.75, 3.05) is 41.4 Å². The molecule has 2 aromatic rings. The zero-order chi connectivity index (χ0) is 22.1. The maximum atomic E-state index is 5.46. The summed E-state index contributed by atoms with van der Waals surface area (Å²) in [6.07, 6.45) is 0. The smallest absolute Gasteiger partial charge is 0.191 e. The van der Waals surface area contributed by atoms with Crippen LogP contribution in [0, 0.1) is 0 Å². The lowest BCUT2D eigenvalue weighted by Gasteiger charge is -2.26. The summed E-state index contributed by atoms with van der Waals surface area (Å²) in [7, 11) is 7.39. The maximum Gasteiger partial charge on any atom is 0.191 e. The van der Waals surface area contributed by atoms with Crippen molar-refractivity contribution in [1.82, 2.24) is 20.7 Å². The Morgan fingerprint density at radius 1 is 1.13 bits per heavy atom. The molecule has 1 atom stereocenters. The van der Waals surface area contributed by atoms with Gasteiger partial charge in [0.05, 0.1) is 26.0 Å². The van der Waals surface area contributed by atoms with Gasteiger partial charge in [-0.05, 0) is 44.6 Å². The third kappa shape index (κ3) is 7.88. The van der Waals surface area contributed by atoms with E-state index in [4.69, 9.17) is 14.0 Å². The maximum absolute atomic E-state index is 5.46. The van der Waals surface area contributed by atoms with Crippen molar-refractivity contribution >= 4 is 29.9 Å². The van der Waals surface area contributed by atoms with Gasteiger partial charge in [-0.2, -0.15) is 0 Å². The number of hydrogen-bond donors (Lipinski definition) is 2. The normalized spacial score (nSPS) is 12.5. The minimum Gasteiger partial charge on any atom is -0.493 e. The Labute approximate surface area is 202 Å². The van der Waals surface area contributed by atoms with Crippen LogP contribution >= 0.6 is 24.0 Å². The Kier molecular flexibility index (Phi) is 11.7. The topological polar surface area (TPSA) is 84.2 Å². The molecule has 1 aromatic heterocycles. The average molecular weight is 545 g/mol. The zero-order valence-corrected chi connectivity index (χ0v) is 21.9. The summed E-state index contributed by atoms with van der Waals surface area (Å²) >= 11 is 0. The molecule has 31 heavy (non-hydrogen) atoms. The first-order valence-corrected chi connectivity index (χ1v) is 10.3. The van der Waals surface area contributed by atoms with Gasteiger partial charge in [0.1, 0.15) is 6.54 Å². The Balaban J connectivity index is 0.00000480. The molecule has 1 unspecified atom stereocenters. The second kappa shape index (κ2) is 13.4. The van der Waals surface area contributed by atoms with Crippen LogP contribution in [0.2, 0.25) is 0 Å². The summed E-state index contributed by atoms with van der Waals surface area (Å²) in [4.78, 5) is 6.80. The van der Waals surface area contributed by atoms with Crippen LogP contribution in [0.15, 0.2) is 33.8 Å². The Bertz CT molecular complexity index is 823. The van der Waals surface area contributed by atoms with Gasteiger partial charge in [0.2, 0.25) is 0 Å². The number of halogens is 1.